The Morgan fingerprint density at radius 1 is 1.62 bits per heavy atom. The molecule has 13 heavy (non-hydrogen) atoms. The maximum atomic E-state index is 10.7. The number of carbonyl (C=O) groups is 1. The molecule has 7 heteroatoms. The minimum Gasteiger partial charge on any atom is -0.544 e. The van der Waals surface area contributed by atoms with Gasteiger partial charge < -0.3 is 14.8 Å². The van der Waals surface area contributed by atoms with Gasteiger partial charge in [-0.15, -0.1) is 0 Å². The first-order chi connectivity index (χ1) is 5.37. The van der Waals surface area contributed by atoms with Gasteiger partial charge in [0.15, 0.2) is 7.37 Å². The maximum absolute atomic E-state index is 10.7. The number of hydrogen-bond donors (Lipinski definition) is 1. The van der Waals surface area contributed by atoms with Crippen molar-refractivity contribution >= 4 is 19.3 Å². The molecular formula is C6H8KO5P. The molecule has 0 rings (SSSR count). The second-order valence-electron chi connectivity index (χ2n) is 2.39. The first-order valence-electron chi connectivity index (χ1n) is 3.11. The fourth-order valence-corrected chi connectivity index (χ4v) is 1.15. The zero-order valence-corrected chi connectivity index (χ0v) is 11.5. The zero-order chi connectivity index (χ0) is 9.78. The van der Waals surface area contributed by atoms with Crippen LogP contribution in [-0.4, -0.2) is 29.6 Å². The molecule has 0 heterocycles. The van der Waals surface area contributed by atoms with Crippen molar-refractivity contribution < 1.29 is 75.5 Å². The minimum atomic E-state index is -3.26. The first-order valence-corrected chi connectivity index (χ1v) is 5.40. The molecule has 0 saturated carbocycles. The van der Waals surface area contributed by atoms with E-state index in [1.54, 1.807) is 0 Å². The summed E-state index contributed by atoms with van der Waals surface area (Å²) in [5.41, 5.74) is -0.605. The molecule has 0 amide bonds. The monoisotopic (exact) mass is 230 g/mol. The molecule has 5 nitrogen and oxygen atoms in total. The Labute approximate surface area is 118 Å². The normalized spacial score (nSPS) is 13.4. The molecule has 0 aliphatic carbocycles. The van der Waals surface area contributed by atoms with E-state index in [-0.39, 0.29) is 64.0 Å². The first kappa shape index (κ1) is 16.2. The van der Waals surface area contributed by atoms with Crippen LogP contribution in [0.15, 0.2) is 5.57 Å². The molecule has 0 aliphatic heterocycles. The van der Waals surface area contributed by atoms with E-state index in [0.29, 0.717) is 0 Å². The number of carboxylic acid groups (broad SMARTS) is 1. The molecule has 1 atom stereocenters. The Morgan fingerprint density at radius 3 is 2.31 bits per heavy atom. The van der Waals surface area contributed by atoms with E-state index in [1.807, 2.05) is 0 Å². The van der Waals surface area contributed by atoms with Gasteiger partial charge in [0.05, 0.1) is 11.5 Å². The number of aliphatic carboxylic acids is 1. The maximum Gasteiger partial charge on any atom is 1.00 e. The zero-order valence-electron chi connectivity index (χ0n) is 7.44. The summed E-state index contributed by atoms with van der Waals surface area (Å²) < 4.78 is 10.7. The largest absolute Gasteiger partial charge is 1.00 e. The Morgan fingerprint density at radius 2 is 2.08 bits per heavy atom. The van der Waals surface area contributed by atoms with E-state index in [0.717, 1.165) is 12.6 Å². The number of rotatable bonds is 4. The molecule has 68 valence electrons. The van der Waals surface area contributed by atoms with Crippen LogP contribution in [0.2, 0.25) is 0 Å². The fourth-order valence-electron chi connectivity index (χ4n) is 0.514. The summed E-state index contributed by atoms with van der Waals surface area (Å²) in [5, 5.41) is 10.1. The van der Waals surface area contributed by atoms with E-state index in [9.17, 15) is 19.3 Å². The Kier molecular flexibility index (Phi) is 8.83. The Bertz CT molecular complexity index is 275. The summed E-state index contributed by atoms with van der Waals surface area (Å²) in [6.45, 7) is 1.09. The molecule has 0 saturated heterocycles. The summed E-state index contributed by atoms with van der Waals surface area (Å²) in [7, 11) is -3.26. The molecule has 1 unspecified atom stereocenters. The second-order valence-corrected chi connectivity index (χ2v) is 4.94. The van der Waals surface area contributed by atoms with Crippen molar-refractivity contribution in [1.82, 2.24) is 0 Å². The van der Waals surface area contributed by atoms with Crippen LogP contribution in [-0.2, 0) is 14.2 Å². The standard InChI is InChI=1S/C6H9O5P.K/c1-12(10,11)3-2-5(4-7)6(8)9;/h2-3H2,1H3,(H,8,9)(H,10,11);/q;+1/p-1. The van der Waals surface area contributed by atoms with E-state index < -0.39 is 18.9 Å². The number of hydrogen-bond acceptors (Lipinski definition) is 4. The van der Waals surface area contributed by atoms with Crippen LogP contribution < -0.4 is 56.5 Å². The second kappa shape index (κ2) is 7.09. The van der Waals surface area contributed by atoms with E-state index in [2.05, 4.69) is 0 Å². The average Bonchev–Trinajstić information content (AvgIpc) is 1.85. The summed E-state index contributed by atoms with van der Waals surface area (Å²) in [5.74, 6) is -0.494. The Balaban J connectivity index is 0. The van der Waals surface area contributed by atoms with Crippen LogP contribution in [0.5, 0.6) is 0 Å². The summed E-state index contributed by atoms with van der Waals surface area (Å²) >= 11 is 0. The van der Waals surface area contributed by atoms with Gasteiger partial charge in [0, 0.05) is 12.8 Å². The molecule has 0 aromatic heterocycles. The van der Waals surface area contributed by atoms with Crippen molar-refractivity contribution in [2.24, 2.45) is 0 Å². The van der Waals surface area contributed by atoms with Crippen LogP contribution in [0.3, 0.4) is 0 Å². The third kappa shape index (κ3) is 9.06. The van der Waals surface area contributed by atoms with Crippen molar-refractivity contribution in [2.75, 3.05) is 12.8 Å². The van der Waals surface area contributed by atoms with Crippen molar-refractivity contribution in [2.45, 2.75) is 6.42 Å². The van der Waals surface area contributed by atoms with Gasteiger partial charge in [-0.1, -0.05) is 0 Å². The summed E-state index contributed by atoms with van der Waals surface area (Å²) in [6, 6.07) is 0. The molecule has 0 aromatic carbocycles. The molecule has 1 N–H and O–H groups in total. The third-order valence-corrected chi connectivity index (χ3v) is 2.20. The van der Waals surface area contributed by atoms with Gasteiger partial charge in [0.2, 0.25) is 0 Å². The fraction of sp³-hybridized carbons (Fsp3) is 0.500. The SMILES string of the molecule is CP(=O)(O)CCC(=C=O)C(=O)[O-].[K+]. The van der Waals surface area contributed by atoms with Gasteiger partial charge in [0.25, 0.3) is 0 Å². The van der Waals surface area contributed by atoms with E-state index >= 15 is 0 Å². The van der Waals surface area contributed by atoms with Gasteiger partial charge in [0.1, 0.15) is 5.94 Å². The van der Waals surface area contributed by atoms with Crippen LogP contribution in [0.25, 0.3) is 0 Å². The summed E-state index contributed by atoms with van der Waals surface area (Å²) in [6.07, 6.45) is -0.526. The van der Waals surface area contributed by atoms with Crippen LogP contribution in [0.4, 0.5) is 0 Å². The molecule has 0 spiro atoms. The van der Waals surface area contributed by atoms with Crippen molar-refractivity contribution in [3.05, 3.63) is 5.57 Å². The van der Waals surface area contributed by atoms with E-state index in [4.69, 9.17) is 4.89 Å². The molecular weight excluding hydrogens is 222 g/mol. The predicted molar refractivity (Wildman–Crippen MR) is 39.4 cm³/mol. The van der Waals surface area contributed by atoms with Gasteiger partial charge in [-0.2, -0.15) is 0 Å². The molecule has 0 bridgehead atoms. The van der Waals surface area contributed by atoms with Gasteiger partial charge in [-0.3, -0.25) is 4.57 Å². The molecule has 0 aliphatic rings. The molecule has 0 aromatic rings. The minimum absolute atomic E-state index is 0. The smallest absolute Gasteiger partial charge is 0.544 e. The number of carboxylic acids is 1. The van der Waals surface area contributed by atoms with Crippen molar-refractivity contribution in [3.8, 4) is 0 Å². The Hall–Kier alpha value is 0.746. The topological polar surface area (TPSA) is 94.5 Å². The van der Waals surface area contributed by atoms with Crippen molar-refractivity contribution in [1.29, 1.82) is 0 Å². The van der Waals surface area contributed by atoms with Gasteiger partial charge in [-0.25, -0.2) is 4.79 Å². The molecule has 0 radical (unpaired) electrons. The molecule has 0 fully saturated rings. The van der Waals surface area contributed by atoms with Gasteiger partial charge >= 0.3 is 51.4 Å². The predicted octanol–water partition coefficient (Wildman–Crippen LogP) is -4.21. The summed E-state index contributed by atoms with van der Waals surface area (Å²) in [4.78, 5) is 28.7. The van der Waals surface area contributed by atoms with E-state index in [1.165, 1.54) is 0 Å². The third-order valence-electron chi connectivity index (χ3n) is 1.15. The van der Waals surface area contributed by atoms with Crippen molar-refractivity contribution in [3.63, 3.8) is 0 Å². The van der Waals surface area contributed by atoms with Gasteiger partial charge in [-0.05, 0) is 6.42 Å². The van der Waals surface area contributed by atoms with Crippen LogP contribution in [0, 0.1) is 0 Å². The van der Waals surface area contributed by atoms with Crippen LogP contribution in [0.1, 0.15) is 6.42 Å². The average molecular weight is 230 g/mol. The quantitative estimate of drug-likeness (QED) is 0.229. The number of carbonyl (C=O) groups excluding carboxylic acids is 2. The van der Waals surface area contributed by atoms with Crippen LogP contribution >= 0.6 is 7.37 Å².